The van der Waals surface area contributed by atoms with Crippen LogP contribution in [-0.2, 0) is 11.2 Å². The summed E-state index contributed by atoms with van der Waals surface area (Å²) in [5.74, 6) is -0.0206. The van der Waals surface area contributed by atoms with Crippen molar-refractivity contribution in [1.29, 1.82) is 0 Å². The first-order chi connectivity index (χ1) is 14.6. The second kappa shape index (κ2) is 10.2. The van der Waals surface area contributed by atoms with E-state index in [9.17, 15) is 9.59 Å². The molecule has 0 unspecified atom stereocenters. The monoisotopic (exact) mass is 409 g/mol. The molecule has 0 aliphatic carbocycles. The number of pyridine rings is 2. The third-order valence-corrected chi connectivity index (χ3v) is 5.59. The van der Waals surface area contributed by atoms with Crippen LogP contribution in [-0.4, -0.2) is 53.0 Å². The third-order valence-electron chi connectivity index (χ3n) is 5.59. The molecule has 1 saturated heterocycles. The number of amides is 1. The second-order valence-electron chi connectivity index (χ2n) is 7.50. The number of likely N-dealkylation sites (N-methyl/N-ethyl adjacent to an activating group) is 1. The molecule has 2 aromatic heterocycles. The Morgan fingerprint density at radius 1 is 1.37 bits per heavy atom. The van der Waals surface area contributed by atoms with Crippen molar-refractivity contribution in [3.63, 3.8) is 0 Å². The van der Waals surface area contributed by atoms with Crippen molar-refractivity contribution in [1.82, 2.24) is 14.9 Å². The van der Waals surface area contributed by atoms with Gasteiger partial charge in [0.1, 0.15) is 5.69 Å². The van der Waals surface area contributed by atoms with Crippen molar-refractivity contribution in [2.75, 3.05) is 31.1 Å². The molecule has 1 amide bonds. The number of rotatable bonds is 7. The fourth-order valence-corrected chi connectivity index (χ4v) is 4.01. The number of nitrogens with two attached hydrogens (primary N) is 1. The number of likely N-dealkylation sites (tertiary alicyclic amines) is 1. The molecule has 3 N–H and O–H groups in total. The SMILES string of the molecule is CCc1cc(-c2c[nH]c(=O)c(N(CC)[C@H]3CCCN(C(=O)/C=C/CN)C3)c2)ccn1. The number of nitrogens with zero attached hydrogens (tertiary/aromatic N) is 3. The number of hydrogen-bond donors (Lipinski definition) is 2. The zero-order valence-corrected chi connectivity index (χ0v) is 17.8. The highest BCUT2D eigenvalue weighted by Crippen LogP contribution is 2.25. The van der Waals surface area contributed by atoms with Crippen molar-refractivity contribution in [2.45, 2.75) is 39.2 Å². The lowest BCUT2D eigenvalue weighted by atomic mass is 10.0. The molecule has 0 saturated carbocycles. The summed E-state index contributed by atoms with van der Waals surface area (Å²) in [4.78, 5) is 36.3. The van der Waals surface area contributed by atoms with Crippen LogP contribution in [0.15, 0.2) is 47.5 Å². The Morgan fingerprint density at radius 2 is 2.20 bits per heavy atom. The van der Waals surface area contributed by atoms with E-state index in [2.05, 4.69) is 27.9 Å². The number of aromatic nitrogens is 2. The number of anilines is 1. The molecular weight excluding hydrogens is 378 g/mol. The van der Waals surface area contributed by atoms with E-state index in [4.69, 9.17) is 5.73 Å². The molecule has 0 spiro atoms. The number of aryl methyl sites for hydroxylation is 1. The Bertz CT molecular complexity index is 953. The fourth-order valence-electron chi connectivity index (χ4n) is 4.01. The molecule has 0 aromatic carbocycles. The maximum atomic E-state index is 12.7. The van der Waals surface area contributed by atoms with Gasteiger partial charge in [0, 0.05) is 61.9 Å². The number of piperidine rings is 1. The van der Waals surface area contributed by atoms with Crippen molar-refractivity contribution >= 4 is 11.6 Å². The van der Waals surface area contributed by atoms with Gasteiger partial charge in [-0.2, -0.15) is 0 Å². The average Bonchev–Trinajstić information content (AvgIpc) is 2.79. The molecule has 1 aliphatic heterocycles. The van der Waals surface area contributed by atoms with E-state index in [-0.39, 0.29) is 17.5 Å². The standard InChI is InChI=1S/C23H31N5O2/c1-3-19-13-17(9-11-25-19)18-14-21(23(30)26-15-18)28(4-2)20-7-6-12-27(16-20)22(29)8-5-10-24/h5,8-9,11,13-15,20H,3-4,6-7,10,12,16,24H2,1-2H3,(H,26,30)/b8-5+/t20-/m0/s1. The van der Waals surface area contributed by atoms with Gasteiger partial charge in [-0.1, -0.05) is 13.0 Å². The first-order valence-corrected chi connectivity index (χ1v) is 10.7. The summed E-state index contributed by atoms with van der Waals surface area (Å²) in [6.45, 7) is 6.48. The van der Waals surface area contributed by atoms with Crippen LogP contribution >= 0.6 is 0 Å². The smallest absolute Gasteiger partial charge is 0.271 e. The number of nitrogens with one attached hydrogen (secondary N) is 1. The van der Waals surface area contributed by atoms with Gasteiger partial charge in [0.2, 0.25) is 5.91 Å². The van der Waals surface area contributed by atoms with Gasteiger partial charge in [-0.05, 0) is 49.9 Å². The fraction of sp³-hybridized carbons (Fsp3) is 0.435. The van der Waals surface area contributed by atoms with Gasteiger partial charge in [0.25, 0.3) is 5.56 Å². The van der Waals surface area contributed by atoms with Gasteiger partial charge in [-0.25, -0.2) is 0 Å². The Kier molecular flexibility index (Phi) is 7.41. The predicted molar refractivity (Wildman–Crippen MR) is 120 cm³/mol. The molecule has 2 aromatic rings. The van der Waals surface area contributed by atoms with Crippen molar-refractivity contribution in [3.8, 4) is 11.1 Å². The molecule has 3 rings (SSSR count). The lowest BCUT2D eigenvalue weighted by Gasteiger charge is -2.39. The Balaban J connectivity index is 1.88. The zero-order chi connectivity index (χ0) is 21.5. The number of aromatic amines is 1. The molecule has 1 atom stereocenters. The van der Waals surface area contributed by atoms with Crippen LogP contribution in [0.4, 0.5) is 5.69 Å². The Hall–Kier alpha value is -2.93. The molecule has 0 radical (unpaired) electrons. The third kappa shape index (κ3) is 4.97. The van der Waals surface area contributed by atoms with Gasteiger partial charge < -0.3 is 20.5 Å². The maximum absolute atomic E-state index is 12.7. The van der Waals surface area contributed by atoms with E-state index in [0.29, 0.717) is 25.3 Å². The summed E-state index contributed by atoms with van der Waals surface area (Å²) in [5, 5.41) is 0. The number of carbonyl (C=O) groups excluding carboxylic acids is 1. The second-order valence-corrected chi connectivity index (χ2v) is 7.50. The van der Waals surface area contributed by atoms with Crippen LogP contribution in [0.3, 0.4) is 0 Å². The van der Waals surface area contributed by atoms with Crippen molar-refractivity contribution < 1.29 is 4.79 Å². The molecule has 0 bridgehead atoms. The maximum Gasteiger partial charge on any atom is 0.271 e. The number of H-pyrrole nitrogens is 1. The highest BCUT2D eigenvalue weighted by atomic mass is 16.2. The first-order valence-electron chi connectivity index (χ1n) is 10.7. The summed E-state index contributed by atoms with van der Waals surface area (Å²) < 4.78 is 0. The topological polar surface area (TPSA) is 95.3 Å². The molecule has 160 valence electrons. The van der Waals surface area contributed by atoms with Gasteiger partial charge in [0.15, 0.2) is 0 Å². The minimum absolute atomic E-state index is 0.0206. The van der Waals surface area contributed by atoms with Crippen LogP contribution in [0.5, 0.6) is 0 Å². The van der Waals surface area contributed by atoms with Crippen LogP contribution < -0.4 is 16.2 Å². The van der Waals surface area contributed by atoms with Crippen LogP contribution in [0.25, 0.3) is 11.1 Å². The molecular formula is C23H31N5O2. The van der Waals surface area contributed by atoms with Gasteiger partial charge in [0.05, 0.1) is 0 Å². The molecule has 7 nitrogen and oxygen atoms in total. The normalized spacial score (nSPS) is 16.8. The largest absolute Gasteiger partial charge is 0.363 e. The highest BCUT2D eigenvalue weighted by Gasteiger charge is 2.28. The lowest BCUT2D eigenvalue weighted by Crippen LogP contribution is -2.50. The Morgan fingerprint density at radius 3 is 2.93 bits per heavy atom. The number of hydrogen-bond acceptors (Lipinski definition) is 5. The van der Waals surface area contributed by atoms with Crippen molar-refractivity contribution in [2.24, 2.45) is 5.73 Å². The number of carbonyl (C=O) groups is 1. The van der Waals surface area contributed by atoms with Crippen LogP contribution in [0.2, 0.25) is 0 Å². The molecule has 3 heterocycles. The van der Waals surface area contributed by atoms with Gasteiger partial charge >= 0.3 is 0 Å². The molecule has 1 fully saturated rings. The predicted octanol–water partition coefficient (Wildman–Crippen LogP) is 2.33. The quantitative estimate of drug-likeness (QED) is 0.685. The van der Waals surface area contributed by atoms with E-state index < -0.39 is 0 Å². The average molecular weight is 410 g/mol. The highest BCUT2D eigenvalue weighted by molar-refractivity contribution is 5.87. The first kappa shape index (κ1) is 21.8. The molecule has 7 heteroatoms. The summed E-state index contributed by atoms with van der Waals surface area (Å²) in [6.07, 6.45) is 9.48. The molecule has 1 aliphatic rings. The van der Waals surface area contributed by atoms with E-state index in [1.807, 2.05) is 24.0 Å². The summed E-state index contributed by atoms with van der Waals surface area (Å²) >= 11 is 0. The van der Waals surface area contributed by atoms with E-state index in [1.54, 1.807) is 24.5 Å². The van der Waals surface area contributed by atoms with Crippen molar-refractivity contribution in [3.05, 3.63) is 58.8 Å². The minimum atomic E-state index is -0.114. The van der Waals surface area contributed by atoms with Gasteiger partial charge in [-0.3, -0.25) is 14.6 Å². The summed E-state index contributed by atoms with van der Waals surface area (Å²) in [7, 11) is 0. The van der Waals surface area contributed by atoms with Gasteiger partial charge in [-0.15, -0.1) is 0 Å². The van der Waals surface area contributed by atoms with E-state index in [0.717, 1.165) is 42.6 Å². The van der Waals surface area contributed by atoms with Crippen LogP contribution in [0.1, 0.15) is 32.4 Å². The van der Waals surface area contributed by atoms with Crippen LogP contribution in [0, 0.1) is 0 Å². The molecule has 30 heavy (non-hydrogen) atoms. The van der Waals surface area contributed by atoms with E-state index >= 15 is 0 Å². The summed E-state index contributed by atoms with van der Waals surface area (Å²) in [5.41, 5.74) is 8.99. The zero-order valence-electron chi connectivity index (χ0n) is 17.8. The summed E-state index contributed by atoms with van der Waals surface area (Å²) in [6, 6.07) is 6.06. The van der Waals surface area contributed by atoms with E-state index in [1.165, 1.54) is 0 Å². The lowest BCUT2D eigenvalue weighted by molar-refractivity contribution is -0.127. The minimum Gasteiger partial charge on any atom is -0.363 e. The Labute approximate surface area is 177 Å².